The van der Waals surface area contributed by atoms with E-state index in [1.165, 1.54) is 32.2 Å². The first kappa shape index (κ1) is 15.8. The molecule has 0 unspecified atom stereocenters. The lowest BCUT2D eigenvalue weighted by molar-refractivity contribution is -0.138. The summed E-state index contributed by atoms with van der Waals surface area (Å²) in [4.78, 5) is 24.9. The maximum Gasteiger partial charge on any atom is 0.416 e. The zero-order chi connectivity index (χ0) is 16.7. The minimum absolute atomic E-state index is 0.0665. The Morgan fingerprint density at radius 2 is 1.86 bits per heavy atom. The predicted molar refractivity (Wildman–Crippen MR) is 73.9 cm³/mol. The van der Waals surface area contributed by atoms with Crippen LogP contribution in [0.1, 0.15) is 27.0 Å². The molecule has 1 aromatic carbocycles. The molecule has 2 rings (SSSR count). The first-order valence-corrected chi connectivity index (χ1v) is 6.26. The SMILES string of the molecule is Cc1ccc(-c2c[nH]c(=O)c(C(=O)O)c2C)cc1C(F)(F)F. The fourth-order valence-corrected chi connectivity index (χ4v) is 2.28. The van der Waals surface area contributed by atoms with Crippen LogP contribution in [-0.4, -0.2) is 16.1 Å². The zero-order valence-corrected chi connectivity index (χ0v) is 11.7. The molecule has 4 nitrogen and oxygen atoms in total. The number of aromatic carboxylic acids is 1. The summed E-state index contributed by atoms with van der Waals surface area (Å²) in [5, 5.41) is 9.05. The minimum atomic E-state index is -4.51. The second-order valence-electron chi connectivity index (χ2n) is 4.86. The van der Waals surface area contributed by atoms with Crippen LogP contribution >= 0.6 is 0 Å². The lowest BCUT2D eigenvalue weighted by atomic mass is 9.96. The lowest BCUT2D eigenvalue weighted by Gasteiger charge is -2.14. The van der Waals surface area contributed by atoms with E-state index in [1.54, 1.807) is 0 Å². The Hall–Kier alpha value is -2.57. The second-order valence-corrected chi connectivity index (χ2v) is 4.86. The van der Waals surface area contributed by atoms with E-state index >= 15 is 0 Å². The average molecular weight is 311 g/mol. The van der Waals surface area contributed by atoms with Gasteiger partial charge in [-0.05, 0) is 36.6 Å². The molecule has 2 aromatic rings. The van der Waals surface area contributed by atoms with Crippen LogP contribution in [0, 0.1) is 13.8 Å². The van der Waals surface area contributed by atoms with Gasteiger partial charge in [-0.15, -0.1) is 0 Å². The van der Waals surface area contributed by atoms with E-state index in [9.17, 15) is 22.8 Å². The van der Waals surface area contributed by atoms with Gasteiger partial charge in [0, 0.05) is 11.8 Å². The number of rotatable bonds is 2. The first-order valence-electron chi connectivity index (χ1n) is 6.26. The molecule has 0 radical (unpaired) electrons. The molecular formula is C15H12F3NO3. The summed E-state index contributed by atoms with van der Waals surface area (Å²) in [6.07, 6.45) is -3.29. The van der Waals surface area contributed by atoms with Crippen molar-refractivity contribution in [2.24, 2.45) is 0 Å². The number of H-pyrrole nitrogens is 1. The third-order valence-electron chi connectivity index (χ3n) is 3.42. The van der Waals surface area contributed by atoms with Crippen LogP contribution in [0.5, 0.6) is 0 Å². The fourth-order valence-electron chi connectivity index (χ4n) is 2.28. The van der Waals surface area contributed by atoms with Crippen LogP contribution in [0.15, 0.2) is 29.2 Å². The fraction of sp³-hybridized carbons (Fsp3) is 0.200. The quantitative estimate of drug-likeness (QED) is 0.893. The molecule has 116 valence electrons. The van der Waals surface area contributed by atoms with Crippen molar-refractivity contribution in [1.29, 1.82) is 0 Å². The van der Waals surface area contributed by atoms with Gasteiger partial charge in [0.1, 0.15) is 5.56 Å². The molecule has 0 fully saturated rings. The number of halogens is 3. The standard InChI is InChI=1S/C15H12F3NO3/c1-7-3-4-9(5-11(7)15(16,17)18)10-6-19-13(20)12(8(10)2)14(21)22/h3-6H,1-2H3,(H,19,20)(H,21,22). The van der Waals surface area contributed by atoms with Gasteiger partial charge in [0.05, 0.1) is 5.56 Å². The number of hydrogen-bond acceptors (Lipinski definition) is 2. The van der Waals surface area contributed by atoms with Gasteiger partial charge in [-0.25, -0.2) is 4.79 Å². The van der Waals surface area contributed by atoms with E-state index in [0.29, 0.717) is 0 Å². The number of aryl methyl sites for hydroxylation is 1. The van der Waals surface area contributed by atoms with Gasteiger partial charge in [0.25, 0.3) is 5.56 Å². The van der Waals surface area contributed by atoms with Crippen LogP contribution in [-0.2, 0) is 6.18 Å². The molecule has 0 aliphatic rings. The molecule has 0 bridgehead atoms. The maximum atomic E-state index is 13.0. The second kappa shape index (κ2) is 5.32. The van der Waals surface area contributed by atoms with Gasteiger partial charge in [-0.3, -0.25) is 4.79 Å². The van der Waals surface area contributed by atoms with E-state index in [0.717, 1.165) is 6.07 Å². The van der Waals surface area contributed by atoms with Gasteiger partial charge < -0.3 is 10.1 Å². The van der Waals surface area contributed by atoms with Crippen molar-refractivity contribution < 1.29 is 23.1 Å². The van der Waals surface area contributed by atoms with E-state index < -0.39 is 28.8 Å². The molecule has 0 saturated carbocycles. The number of aromatic amines is 1. The van der Waals surface area contributed by atoms with Gasteiger partial charge in [-0.2, -0.15) is 13.2 Å². The van der Waals surface area contributed by atoms with Gasteiger partial charge in [-0.1, -0.05) is 12.1 Å². The molecule has 0 saturated heterocycles. The van der Waals surface area contributed by atoms with Crippen molar-refractivity contribution in [1.82, 2.24) is 4.98 Å². The predicted octanol–water partition coefficient (Wildman–Crippen LogP) is 3.38. The molecule has 1 aromatic heterocycles. The monoisotopic (exact) mass is 311 g/mol. The number of carbonyl (C=O) groups is 1. The number of alkyl halides is 3. The van der Waals surface area contributed by atoms with Crippen LogP contribution in [0.4, 0.5) is 13.2 Å². The molecule has 7 heteroatoms. The molecule has 0 aliphatic heterocycles. The van der Waals surface area contributed by atoms with Gasteiger partial charge in [0.2, 0.25) is 0 Å². The van der Waals surface area contributed by atoms with Crippen LogP contribution in [0.3, 0.4) is 0 Å². The largest absolute Gasteiger partial charge is 0.477 e. The van der Waals surface area contributed by atoms with Crippen molar-refractivity contribution in [3.63, 3.8) is 0 Å². The van der Waals surface area contributed by atoms with Crippen molar-refractivity contribution in [2.45, 2.75) is 20.0 Å². The minimum Gasteiger partial charge on any atom is -0.477 e. The summed E-state index contributed by atoms with van der Waals surface area (Å²) < 4.78 is 38.9. The number of carboxylic acids is 1. The molecule has 0 aliphatic carbocycles. The molecule has 0 spiro atoms. The smallest absolute Gasteiger partial charge is 0.416 e. The van der Waals surface area contributed by atoms with E-state index in [4.69, 9.17) is 5.11 Å². The van der Waals surface area contributed by atoms with Crippen molar-refractivity contribution >= 4 is 5.97 Å². The van der Waals surface area contributed by atoms with Gasteiger partial charge in [0.15, 0.2) is 0 Å². The Kier molecular flexibility index (Phi) is 3.83. The topological polar surface area (TPSA) is 70.2 Å². The first-order chi connectivity index (χ1) is 10.1. The highest BCUT2D eigenvalue weighted by Gasteiger charge is 2.32. The summed E-state index contributed by atoms with van der Waals surface area (Å²) in [6.45, 7) is 2.73. The molecule has 22 heavy (non-hydrogen) atoms. The Balaban J connectivity index is 2.71. The number of nitrogens with one attached hydrogen (secondary N) is 1. The number of carboxylic acid groups (broad SMARTS) is 1. The van der Waals surface area contributed by atoms with Crippen molar-refractivity contribution in [3.05, 3.63) is 57.0 Å². The Labute approximate surface area is 123 Å². The summed E-state index contributed by atoms with van der Waals surface area (Å²) in [5.74, 6) is -1.43. The molecular weight excluding hydrogens is 299 g/mol. The Bertz CT molecular complexity index is 807. The van der Waals surface area contributed by atoms with E-state index in [2.05, 4.69) is 4.98 Å². The molecule has 0 atom stereocenters. The highest BCUT2D eigenvalue weighted by atomic mass is 19.4. The normalized spacial score (nSPS) is 11.5. The lowest BCUT2D eigenvalue weighted by Crippen LogP contribution is -2.19. The zero-order valence-electron chi connectivity index (χ0n) is 11.7. The number of benzene rings is 1. The highest BCUT2D eigenvalue weighted by Crippen LogP contribution is 2.35. The van der Waals surface area contributed by atoms with Gasteiger partial charge >= 0.3 is 12.1 Å². The van der Waals surface area contributed by atoms with Crippen molar-refractivity contribution in [2.75, 3.05) is 0 Å². The summed E-state index contributed by atoms with van der Waals surface area (Å²) in [6, 6.07) is 3.71. The van der Waals surface area contributed by atoms with Crippen molar-refractivity contribution in [3.8, 4) is 11.1 Å². The molecule has 0 amide bonds. The van der Waals surface area contributed by atoms with Crippen LogP contribution in [0.2, 0.25) is 0 Å². The summed E-state index contributed by atoms with van der Waals surface area (Å²) in [5.41, 5.74) is -1.46. The number of pyridine rings is 1. The third kappa shape index (κ3) is 2.74. The third-order valence-corrected chi connectivity index (χ3v) is 3.42. The maximum absolute atomic E-state index is 13.0. The van der Waals surface area contributed by atoms with Crippen LogP contribution < -0.4 is 5.56 Å². The van der Waals surface area contributed by atoms with Crippen LogP contribution in [0.25, 0.3) is 11.1 Å². The number of aromatic nitrogens is 1. The highest BCUT2D eigenvalue weighted by molar-refractivity contribution is 5.91. The summed E-state index contributed by atoms with van der Waals surface area (Å²) in [7, 11) is 0. The Morgan fingerprint density at radius 1 is 1.23 bits per heavy atom. The summed E-state index contributed by atoms with van der Waals surface area (Å²) >= 11 is 0. The van der Waals surface area contributed by atoms with E-state index in [-0.39, 0.29) is 22.3 Å². The average Bonchev–Trinajstić information content (AvgIpc) is 2.38. The molecule has 1 heterocycles. The Morgan fingerprint density at radius 3 is 2.41 bits per heavy atom. The van der Waals surface area contributed by atoms with E-state index in [1.807, 2.05) is 0 Å². The molecule has 2 N–H and O–H groups in total. The number of hydrogen-bond donors (Lipinski definition) is 2.